The summed E-state index contributed by atoms with van der Waals surface area (Å²) in [5.41, 5.74) is 0.922. The highest BCUT2D eigenvalue weighted by atomic mass is 16.5. The Morgan fingerprint density at radius 2 is 2.00 bits per heavy atom. The van der Waals surface area contributed by atoms with Crippen LogP contribution in [0.2, 0.25) is 0 Å². The van der Waals surface area contributed by atoms with Crippen LogP contribution in [0.3, 0.4) is 0 Å². The summed E-state index contributed by atoms with van der Waals surface area (Å²) in [7, 11) is 0. The summed E-state index contributed by atoms with van der Waals surface area (Å²) >= 11 is 0. The number of carbonyl (C=O) groups excluding carboxylic acids is 1. The second kappa shape index (κ2) is 5.77. The van der Waals surface area contributed by atoms with Crippen LogP contribution in [-0.4, -0.2) is 20.7 Å². The van der Waals surface area contributed by atoms with Crippen LogP contribution in [0, 0.1) is 0 Å². The van der Waals surface area contributed by atoms with Crippen LogP contribution in [0.5, 0.6) is 5.75 Å². The molecule has 1 N–H and O–H groups in total. The van der Waals surface area contributed by atoms with Gasteiger partial charge in [0.2, 0.25) is 0 Å². The summed E-state index contributed by atoms with van der Waals surface area (Å²) in [6.45, 7) is 1.63. The average Bonchev–Trinajstić information content (AvgIpc) is 2.53. The Hall–Kier alpha value is -3.02. The molecule has 0 bridgehead atoms. The molecule has 6 heteroatoms. The molecule has 0 aliphatic carbocycles. The van der Waals surface area contributed by atoms with Gasteiger partial charge in [0.25, 0.3) is 5.56 Å². The van der Waals surface area contributed by atoms with E-state index in [0.717, 1.165) is 0 Å². The van der Waals surface area contributed by atoms with Gasteiger partial charge in [0.15, 0.2) is 5.78 Å². The Morgan fingerprint density at radius 1 is 1.23 bits per heavy atom. The minimum absolute atomic E-state index is 0.000393. The molecule has 110 valence electrons. The van der Waals surface area contributed by atoms with Crippen LogP contribution < -0.4 is 10.3 Å². The number of fused-ring (bicyclic) bond motifs is 1. The van der Waals surface area contributed by atoms with Gasteiger partial charge in [-0.1, -0.05) is 0 Å². The molecule has 0 radical (unpaired) electrons. The lowest BCUT2D eigenvalue weighted by atomic mass is 10.1. The Morgan fingerprint density at radius 3 is 2.73 bits per heavy atom. The van der Waals surface area contributed by atoms with Crippen molar-refractivity contribution in [3.63, 3.8) is 0 Å². The van der Waals surface area contributed by atoms with Crippen LogP contribution >= 0.6 is 0 Å². The summed E-state index contributed by atoms with van der Waals surface area (Å²) in [6, 6.07) is 8.41. The lowest BCUT2D eigenvalue weighted by Crippen LogP contribution is -2.13. The lowest BCUT2D eigenvalue weighted by Gasteiger charge is -2.06. The molecule has 3 aromatic rings. The normalized spacial score (nSPS) is 10.6. The Balaban J connectivity index is 1.79. The number of pyridine rings is 1. The first-order valence-corrected chi connectivity index (χ1v) is 6.70. The number of benzene rings is 1. The van der Waals surface area contributed by atoms with E-state index in [1.807, 2.05) is 0 Å². The molecule has 0 fully saturated rings. The number of rotatable bonds is 4. The SMILES string of the molecule is CC(=O)c1ccc(OCc2nc3cnccc3c(=O)[nH]2)cc1. The molecule has 0 spiro atoms. The number of nitrogens with zero attached hydrogens (tertiary/aromatic N) is 2. The van der Waals surface area contributed by atoms with Crippen LogP contribution in [0.25, 0.3) is 10.9 Å². The minimum Gasteiger partial charge on any atom is -0.486 e. The number of hydrogen-bond donors (Lipinski definition) is 1. The van der Waals surface area contributed by atoms with Gasteiger partial charge in [-0.25, -0.2) is 4.98 Å². The smallest absolute Gasteiger partial charge is 0.258 e. The highest BCUT2D eigenvalue weighted by molar-refractivity contribution is 5.94. The number of aromatic nitrogens is 3. The minimum atomic E-state index is -0.224. The molecule has 6 nitrogen and oxygen atoms in total. The fraction of sp³-hybridized carbons (Fsp3) is 0.125. The van der Waals surface area contributed by atoms with Gasteiger partial charge >= 0.3 is 0 Å². The molecule has 22 heavy (non-hydrogen) atoms. The van der Waals surface area contributed by atoms with Crippen molar-refractivity contribution in [2.75, 3.05) is 0 Å². The molecular weight excluding hydrogens is 282 g/mol. The summed E-state index contributed by atoms with van der Waals surface area (Å²) in [5.74, 6) is 1.01. The molecule has 0 unspecified atom stereocenters. The fourth-order valence-electron chi connectivity index (χ4n) is 2.04. The van der Waals surface area contributed by atoms with Crippen LogP contribution in [0.4, 0.5) is 0 Å². The zero-order valence-electron chi connectivity index (χ0n) is 11.9. The molecule has 1 aromatic carbocycles. The van der Waals surface area contributed by atoms with E-state index >= 15 is 0 Å². The summed E-state index contributed by atoms with van der Waals surface area (Å²) in [5, 5.41) is 0.490. The third-order valence-corrected chi connectivity index (χ3v) is 3.19. The van der Waals surface area contributed by atoms with E-state index in [-0.39, 0.29) is 17.9 Å². The van der Waals surface area contributed by atoms with Gasteiger partial charge < -0.3 is 9.72 Å². The molecule has 0 aliphatic heterocycles. The molecule has 2 aromatic heterocycles. The van der Waals surface area contributed by atoms with E-state index in [0.29, 0.717) is 28.0 Å². The molecule has 3 rings (SSSR count). The van der Waals surface area contributed by atoms with E-state index in [4.69, 9.17) is 4.74 Å². The van der Waals surface area contributed by atoms with Gasteiger partial charge in [-0.05, 0) is 37.3 Å². The van der Waals surface area contributed by atoms with Crippen molar-refractivity contribution in [3.05, 3.63) is 64.5 Å². The molecule has 2 heterocycles. The summed E-state index contributed by atoms with van der Waals surface area (Å²) in [6.07, 6.45) is 3.09. The van der Waals surface area contributed by atoms with E-state index in [1.165, 1.54) is 13.1 Å². The molecular formula is C16H13N3O3. The first-order valence-electron chi connectivity index (χ1n) is 6.70. The van der Waals surface area contributed by atoms with Gasteiger partial charge in [0.05, 0.1) is 17.1 Å². The fourth-order valence-corrected chi connectivity index (χ4v) is 2.04. The number of Topliss-reactive ketones (excluding diaryl/α,β-unsaturated/α-hetero) is 1. The second-order valence-electron chi connectivity index (χ2n) is 4.77. The van der Waals surface area contributed by atoms with Crippen molar-refractivity contribution in [2.24, 2.45) is 0 Å². The number of carbonyl (C=O) groups is 1. The second-order valence-corrected chi connectivity index (χ2v) is 4.77. The maximum absolute atomic E-state index is 11.9. The molecule has 0 saturated heterocycles. The predicted octanol–water partition coefficient (Wildman–Crippen LogP) is 2.10. The van der Waals surface area contributed by atoms with Crippen molar-refractivity contribution >= 4 is 16.7 Å². The predicted molar refractivity (Wildman–Crippen MR) is 80.9 cm³/mol. The highest BCUT2D eigenvalue weighted by Gasteiger charge is 2.05. The Bertz CT molecular complexity index is 885. The average molecular weight is 295 g/mol. The van der Waals surface area contributed by atoms with Crippen molar-refractivity contribution in [1.82, 2.24) is 15.0 Å². The molecule has 0 aliphatic rings. The number of H-pyrrole nitrogens is 1. The quantitative estimate of drug-likeness (QED) is 0.745. The van der Waals surface area contributed by atoms with E-state index in [9.17, 15) is 9.59 Å². The topological polar surface area (TPSA) is 84.9 Å². The standard InChI is InChI=1S/C16H13N3O3/c1-10(20)11-2-4-12(5-3-11)22-9-15-18-14-8-17-7-6-13(14)16(21)19-15/h2-8H,9H2,1H3,(H,18,19,21). The summed E-state index contributed by atoms with van der Waals surface area (Å²) in [4.78, 5) is 34.0. The number of hydrogen-bond acceptors (Lipinski definition) is 5. The molecule has 0 atom stereocenters. The molecule has 0 amide bonds. The van der Waals surface area contributed by atoms with E-state index < -0.39 is 0 Å². The van der Waals surface area contributed by atoms with E-state index in [1.54, 1.807) is 36.5 Å². The number of ketones is 1. The molecule has 0 saturated carbocycles. The highest BCUT2D eigenvalue weighted by Crippen LogP contribution is 2.14. The first kappa shape index (κ1) is 13.9. The Labute approximate surface area is 125 Å². The van der Waals surface area contributed by atoms with Gasteiger partial charge in [-0.2, -0.15) is 0 Å². The van der Waals surface area contributed by atoms with Crippen molar-refractivity contribution in [2.45, 2.75) is 13.5 Å². The third-order valence-electron chi connectivity index (χ3n) is 3.19. The Kier molecular flexibility index (Phi) is 3.65. The maximum Gasteiger partial charge on any atom is 0.258 e. The monoisotopic (exact) mass is 295 g/mol. The third kappa shape index (κ3) is 2.85. The first-order chi connectivity index (χ1) is 10.6. The van der Waals surface area contributed by atoms with Gasteiger partial charge in [0, 0.05) is 11.8 Å². The largest absolute Gasteiger partial charge is 0.486 e. The van der Waals surface area contributed by atoms with Crippen LogP contribution in [-0.2, 0) is 6.61 Å². The van der Waals surface area contributed by atoms with Gasteiger partial charge in [-0.3, -0.25) is 14.6 Å². The van der Waals surface area contributed by atoms with Gasteiger partial charge in [0.1, 0.15) is 18.2 Å². The van der Waals surface area contributed by atoms with Crippen molar-refractivity contribution < 1.29 is 9.53 Å². The van der Waals surface area contributed by atoms with Crippen molar-refractivity contribution in [3.8, 4) is 5.75 Å². The number of aromatic amines is 1. The number of nitrogens with one attached hydrogen (secondary N) is 1. The van der Waals surface area contributed by atoms with Crippen LogP contribution in [0.15, 0.2) is 47.5 Å². The van der Waals surface area contributed by atoms with Crippen LogP contribution in [0.1, 0.15) is 23.1 Å². The van der Waals surface area contributed by atoms with Gasteiger partial charge in [-0.15, -0.1) is 0 Å². The maximum atomic E-state index is 11.9. The van der Waals surface area contributed by atoms with E-state index in [2.05, 4.69) is 15.0 Å². The number of ether oxygens (including phenoxy) is 1. The zero-order chi connectivity index (χ0) is 15.5. The lowest BCUT2D eigenvalue weighted by molar-refractivity contribution is 0.101. The van der Waals surface area contributed by atoms with Crippen molar-refractivity contribution in [1.29, 1.82) is 0 Å². The summed E-state index contributed by atoms with van der Waals surface area (Å²) < 4.78 is 5.57. The zero-order valence-corrected chi connectivity index (χ0v) is 11.9.